The Morgan fingerprint density at radius 1 is 1.03 bits per heavy atom. The van der Waals surface area contributed by atoms with E-state index in [0.29, 0.717) is 5.69 Å². The van der Waals surface area contributed by atoms with E-state index in [2.05, 4.69) is 4.72 Å². The minimum atomic E-state index is -4.23. The number of nitrogens with two attached hydrogens (primary N) is 1. The van der Waals surface area contributed by atoms with Crippen molar-refractivity contribution >= 4 is 72.9 Å². The van der Waals surface area contributed by atoms with Crippen LogP contribution in [0.2, 0.25) is 0 Å². The molecule has 3 rings (SSSR count). The summed E-state index contributed by atoms with van der Waals surface area (Å²) in [6.45, 7) is 7.63. The minimum absolute atomic E-state index is 0.0679. The molecule has 3 atom stereocenters. The number of fused-ring (bicyclic) bond motifs is 3. The molecule has 0 aliphatic carbocycles. The summed E-state index contributed by atoms with van der Waals surface area (Å²) in [6.07, 6.45) is 0. The Kier molecular flexibility index (Phi) is 7.27. The zero-order valence-electron chi connectivity index (χ0n) is 19.3. The standard InChI is InChI=1S/C22H27ClN2O6S3/c1-12(13(2)33(23,27)28)20(21(26)31-22(3,4)5)25-34(29,30)15-7-8-16-17-10-14(24)6-9-18(17)32-19(16)11-15/h6-13,20,25H,24H2,1-5H3. The van der Waals surface area contributed by atoms with Crippen LogP contribution in [-0.2, 0) is 28.6 Å². The lowest BCUT2D eigenvalue weighted by Gasteiger charge is -2.29. The molecule has 3 aromatic rings. The van der Waals surface area contributed by atoms with Crippen LogP contribution in [0.3, 0.4) is 0 Å². The smallest absolute Gasteiger partial charge is 0.325 e. The molecule has 0 aliphatic heterocycles. The number of anilines is 1. The molecule has 3 unspecified atom stereocenters. The summed E-state index contributed by atoms with van der Waals surface area (Å²) in [6, 6.07) is 8.61. The van der Waals surface area contributed by atoms with Gasteiger partial charge in [0.05, 0.1) is 10.1 Å². The number of ether oxygens (including phenoxy) is 1. The molecule has 0 bridgehead atoms. The highest BCUT2D eigenvalue weighted by molar-refractivity contribution is 8.14. The molecule has 0 amide bonds. The van der Waals surface area contributed by atoms with Crippen molar-refractivity contribution in [2.24, 2.45) is 5.92 Å². The van der Waals surface area contributed by atoms with E-state index in [1.807, 2.05) is 12.1 Å². The molecule has 3 N–H and O–H groups in total. The fourth-order valence-corrected chi connectivity index (χ4v) is 7.10. The number of hydrogen-bond donors (Lipinski definition) is 2. The van der Waals surface area contributed by atoms with Gasteiger partial charge in [-0.15, -0.1) is 11.3 Å². The molecule has 0 radical (unpaired) electrons. The van der Waals surface area contributed by atoms with E-state index in [4.69, 9.17) is 21.2 Å². The van der Waals surface area contributed by atoms with Gasteiger partial charge in [0.15, 0.2) is 0 Å². The van der Waals surface area contributed by atoms with Crippen molar-refractivity contribution in [2.75, 3.05) is 5.73 Å². The number of rotatable bonds is 7. The number of hydrogen-bond acceptors (Lipinski definition) is 8. The van der Waals surface area contributed by atoms with E-state index >= 15 is 0 Å². The van der Waals surface area contributed by atoms with Gasteiger partial charge in [-0.25, -0.2) is 16.8 Å². The Morgan fingerprint density at radius 3 is 2.26 bits per heavy atom. The molecule has 0 aliphatic rings. The number of nitrogen functional groups attached to an aromatic ring is 1. The van der Waals surface area contributed by atoms with Gasteiger partial charge >= 0.3 is 5.97 Å². The van der Waals surface area contributed by atoms with Gasteiger partial charge in [0, 0.05) is 42.5 Å². The number of nitrogens with one attached hydrogen (secondary N) is 1. The maximum Gasteiger partial charge on any atom is 0.325 e. The van der Waals surface area contributed by atoms with Crippen LogP contribution in [0.25, 0.3) is 20.2 Å². The number of carbonyl (C=O) groups is 1. The van der Waals surface area contributed by atoms with E-state index in [-0.39, 0.29) is 4.90 Å². The van der Waals surface area contributed by atoms with Crippen molar-refractivity contribution in [3.8, 4) is 0 Å². The maximum absolute atomic E-state index is 13.3. The molecule has 34 heavy (non-hydrogen) atoms. The van der Waals surface area contributed by atoms with E-state index < -0.39 is 47.9 Å². The maximum atomic E-state index is 13.3. The van der Waals surface area contributed by atoms with Crippen LogP contribution in [-0.4, -0.2) is 39.7 Å². The summed E-state index contributed by atoms with van der Waals surface area (Å²) >= 11 is 1.41. The van der Waals surface area contributed by atoms with Crippen LogP contribution in [0.1, 0.15) is 34.6 Å². The van der Waals surface area contributed by atoms with E-state index in [1.165, 1.54) is 37.3 Å². The Morgan fingerprint density at radius 2 is 1.68 bits per heavy atom. The summed E-state index contributed by atoms with van der Waals surface area (Å²) in [4.78, 5) is 12.8. The highest BCUT2D eigenvalue weighted by Crippen LogP contribution is 2.36. The van der Waals surface area contributed by atoms with E-state index in [0.717, 1.165) is 20.2 Å². The predicted molar refractivity (Wildman–Crippen MR) is 137 cm³/mol. The molecule has 186 valence electrons. The van der Waals surface area contributed by atoms with Gasteiger partial charge in [-0.2, -0.15) is 4.72 Å². The zero-order valence-corrected chi connectivity index (χ0v) is 22.5. The third-order valence-electron chi connectivity index (χ3n) is 5.43. The number of carbonyl (C=O) groups excluding carboxylic acids is 1. The van der Waals surface area contributed by atoms with Gasteiger partial charge in [-0.3, -0.25) is 4.79 Å². The highest BCUT2D eigenvalue weighted by Gasteiger charge is 2.39. The minimum Gasteiger partial charge on any atom is -0.459 e. The molecular weight excluding hydrogens is 520 g/mol. The number of benzene rings is 2. The van der Waals surface area contributed by atoms with Crippen LogP contribution < -0.4 is 10.5 Å². The van der Waals surface area contributed by atoms with Crippen molar-refractivity contribution in [2.45, 2.75) is 56.4 Å². The van der Waals surface area contributed by atoms with Gasteiger partial charge in [0.25, 0.3) is 0 Å². The lowest BCUT2D eigenvalue weighted by atomic mass is 9.99. The van der Waals surface area contributed by atoms with Crippen molar-refractivity contribution in [3.63, 3.8) is 0 Å². The SMILES string of the molecule is CC(C(NS(=O)(=O)c1ccc2c(c1)sc1ccc(N)cc12)C(=O)OC(C)(C)C)C(C)S(=O)(=O)Cl. The normalized spacial score (nSPS) is 15.8. The van der Waals surface area contributed by atoms with Crippen LogP contribution in [0.4, 0.5) is 5.69 Å². The van der Waals surface area contributed by atoms with Crippen molar-refractivity contribution in [3.05, 3.63) is 36.4 Å². The molecule has 0 spiro atoms. The van der Waals surface area contributed by atoms with E-state index in [1.54, 1.807) is 32.9 Å². The lowest BCUT2D eigenvalue weighted by molar-refractivity contribution is -0.158. The largest absolute Gasteiger partial charge is 0.459 e. The van der Waals surface area contributed by atoms with Crippen LogP contribution >= 0.6 is 22.0 Å². The fraction of sp³-hybridized carbons (Fsp3) is 0.409. The average molecular weight is 547 g/mol. The van der Waals surface area contributed by atoms with Gasteiger partial charge in [0.1, 0.15) is 11.6 Å². The number of thiophene rings is 1. The third kappa shape index (κ3) is 5.83. The summed E-state index contributed by atoms with van der Waals surface area (Å²) in [5.74, 6) is -1.91. The van der Waals surface area contributed by atoms with Crippen molar-refractivity contribution < 1.29 is 26.4 Å². The Bertz CT molecular complexity index is 1460. The second kappa shape index (κ2) is 9.27. The van der Waals surface area contributed by atoms with Crippen molar-refractivity contribution in [1.29, 1.82) is 0 Å². The topological polar surface area (TPSA) is 133 Å². The predicted octanol–water partition coefficient (Wildman–Crippen LogP) is 4.22. The monoisotopic (exact) mass is 546 g/mol. The number of esters is 1. The molecule has 2 aromatic carbocycles. The van der Waals surface area contributed by atoms with Gasteiger partial charge in [0.2, 0.25) is 19.1 Å². The van der Waals surface area contributed by atoms with Crippen LogP contribution in [0, 0.1) is 5.92 Å². The molecule has 0 saturated carbocycles. The molecule has 1 aromatic heterocycles. The Labute approximate surface area is 207 Å². The fourth-order valence-electron chi connectivity index (χ4n) is 3.44. The molecule has 1 heterocycles. The molecular formula is C22H27ClN2O6S3. The van der Waals surface area contributed by atoms with Crippen LogP contribution in [0.15, 0.2) is 41.3 Å². The zero-order chi connectivity index (χ0) is 25.6. The summed E-state index contributed by atoms with van der Waals surface area (Å²) in [5.41, 5.74) is 5.57. The van der Waals surface area contributed by atoms with Crippen LogP contribution in [0.5, 0.6) is 0 Å². The van der Waals surface area contributed by atoms with Gasteiger partial charge in [-0.05, 0) is 58.0 Å². The quantitative estimate of drug-likeness (QED) is 0.257. The van der Waals surface area contributed by atoms with E-state index in [9.17, 15) is 21.6 Å². The second-order valence-corrected chi connectivity index (χ2v) is 15.0. The second-order valence-electron chi connectivity index (χ2n) is 9.19. The number of halogens is 1. The molecule has 12 heteroatoms. The Hall–Kier alpha value is -1.92. The molecule has 8 nitrogen and oxygen atoms in total. The first kappa shape index (κ1) is 26.7. The lowest BCUT2D eigenvalue weighted by Crippen LogP contribution is -2.51. The number of sulfonamides is 1. The first-order valence-corrected chi connectivity index (χ1v) is 15.1. The average Bonchev–Trinajstić information content (AvgIpc) is 3.06. The summed E-state index contributed by atoms with van der Waals surface area (Å²) in [5, 5.41) is 0.549. The molecule has 0 saturated heterocycles. The molecule has 0 fully saturated rings. The first-order valence-electron chi connectivity index (χ1n) is 10.4. The summed E-state index contributed by atoms with van der Waals surface area (Å²) < 4.78 is 59.8. The van der Waals surface area contributed by atoms with Gasteiger partial charge < -0.3 is 10.5 Å². The highest BCUT2D eigenvalue weighted by atomic mass is 35.7. The van der Waals surface area contributed by atoms with Crippen molar-refractivity contribution in [1.82, 2.24) is 4.72 Å². The first-order chi connectivity index (χ1) is 15.5. The third-order valence-corrected chi connectivity index (χ3v) is 10.2. The Balaban J connectivity index is 2.02. The summed E-state index contributed by atoms with van der Waals surface area (Å²) in [7, 11) is -2.80. The van der Waals surface area contributed by atoms with Gasteiger partial charge in [-0.1, -0.05) is 13.0 Å².